The molecule has 0 aromatic carbocycles. The monoisotopic (exact) mass is 157 g/mol. The highest BCUT2D eigenvalue weighted by Crippen LogP contribution is 2.25. The van der Waals surface area contributed by atoms with Gasteiger partial charge in [0.25, 0.3) is 0 Å². The van der Waals surface area contributed by atoms with Gasteiger partial charge in [0.1, 0.15) is 5.60 Å². The minimum absolute atomic E-state index is 0.194. The Bertz CT molecular complexity index is 169. The van der Waals surface area contributed by atoms with Gasteiger partial charge in [0.05, 0.1) is 6.54 Å². The number of carbonyl (C=O) groups is 1. The van der Waals surface area contributed by atoms with Gasteiger partial charge in [-0.1, -0.05) is 13.3 Å². The Labute approximate surface area is 67.3 Å². The number of likely N-dealkylation sites (N-methyl/N-ethyl adjacent to an activating group) is 1. The van der Waals surface area contributed by atoms with E-state index in [0.29, 0.717) is 0 Å². The predicted molar refractivity (Wildman–Crippen MR) is 42.4 cm³/mol. The number of nitrogens with zero attached hydrogens (tertiary/aromatic N) is 1. The van der Waals surface area contributed by atoms with E-state index in [1.165, 1.54) is 0 Å². The maximum Gasteiger partial charge on any atom is 0.410 e. The third-order valence-electron chi connectivity index (χ3n) is 2.00. The number of hydrogen-bond acceptors (Lipinski definition) is 2. The van der Waals surface area contributed by atoms with Crippen LogP contribution in [-0.2, 0) is 4.74 Å². The molecule has 3 heteroatoms. The highest BCUT2D eigenvalue weighted by Gasteiger charge is 2.38. The molecule has 0 radical (unpaired) electrons. The lowest BCUT2D eigenvalue weighted by Gasteiger charge is -2.19. The van der Waals surface area contributed by atoms with E-state index in [9.17, 15) is 4.79 Å². The molecular formula is C8H15NO2. The van der Waals surface area contributed by atoms with Gasteiger partial charge in [-0.3, -0.25) is 0 Å². The molecule has 0 saturated carbocycles. The number of carbonyl (C=O) groups excluding carboxylic acids is 1. The summed E-state index contributed by atoms with van der Waals surface area (Å²) in [5, 5.41) is 0. The Balaban J connectivity index is 2.56. The van der Waals surface area contributed by atoms with Gasteiger partial charge in [-0.2, -0.15) is 0 Å². The fourth-order valence-corrected chi connectivity index (χ4v) is 1.55. The molecule has 64 valence electrons. The largest absolute Gasteiger partial charge is 0.441 e. The zero-order valence-corrected chi connectivity index (χ0v) is 7.39. The average Bonchev–Trinajstić information content (AvgIpc) is 2.08. The number of amides is 1. The predicted octanol–water partition coefficient (Wildman–Crippen LogP) is 1.63. The smallest absolute Gasteiger partial charge is 0.410 e. The Morgan fingerprint density at radius 3 is 2.73 bits per heavy atom. The fourth-order valence-electron chi connectivity index (χ4n) is 1.55. The molecule has 0 N–H and O–H groups in total. The van der Waals surface area contributed by atoms with Crippen LogP contribution in [0.4, 0.5) is 4.79 Å². The highest BCUT2D eigenvalue weighted by atomic mass is 16.6. The molecule has 1 heterocycles. The zero-order valence-electron chi connectivity index (χ0n) is 7.39. The van der Waals surface area contributed by atoms with Crippen molar-refractivity contribution in [2.45, 2.75) is 32.3 Å². The molecule has 1 fully saturated rings. The van der Waals surface area contributed by atoms with Gasteiger partial charge < -0.3 is 9.64 Å². The summed E-state index contributed by atoms with van der Waals surface area (Å²) in [5.74, 6) is 0. The molecule has 0 aromatic rings. The third kappa shape index (κ3) is 1.64. The van der Waals surface area contributed by atoms with Crippen molar-refractivity contribution in [3.05, 3.63) is 0 Å². The van der Waals surface area contributed by atoms with Crippen LogP contribution in [0.15, 0.2) is 0 Å². The van der Waals surface area contributed by atoms with Gasteiger partial charge in [-0.25, -0.2) is 4.79 Å². The maximum absolute atomic E-state index is 11.0. The lowest BCUT2D eigenvalue weighted by molar-refractivity contribution is 0.0644. The topological polar surface area (TPSA) is 29.5 Å². The Kier molecular flexibility index (Phi) is 2.07. The molecule has 3 nitrogen and oxygen atoms in total. The van der Waals surface area contributed by atoms with E-state index in [1.807, 2.05) is 6.92 Å². The van der Waals surface area contributed by atoms with Crippen LogP contribution in [0.25, 0.3) is 0 Å². The standard InChI is InChI=1S/C8H15NO2/c1-4-5-8(2)6-9(3)7(10)11-8/h4-6H2,1-3H3. The van der Waals surface area contributed by atoms with Gasteiger partial charge in [-0.05, 0) is 13.3 Å². The van der Waals surface area contributed by atoms with Crippen molar-refractivity contribution in [3.63, 3.8) is 0 Å². The molecule has 11 heavy (non-hydrogen) atoms. The molecule has 1 unspecified atom stereocenters. The molecule has 1 amide bonds. The van der Waals surface area contributed by atoms with Crippen LogP contribution in [0.2, 0.25) is 0 Å². The van der Waals surface area contributed by atoms with Crippen molar-refractivity contribution >= 4 is 6.09 Å². The summed E-state index contributed by atoms with van der Waals surface area (Å²) in [6, 6.07) is 0. The quantitative estimate of drug-likeness (QED) is 0.609. The summed E-state index contributed by atoms with van der Waals surface area (Å²) in [6.45, 7) is 4.80. The second-order valence-electron chi connectivity index (χ2n) is 3.42. The summed E-state index contributed by atoms with van der Waals surface area (Å²) in [4.78, 5) is 12.6. The highest BCUT2D eigenvalue weighted by molar-refractivity contribution is 5.70. The first-order chi connectivity index (χ1) is 5.07. The van der Waals surface area contributed by atoms with Crippen molar-refractivity contribution in [2.75, 3.05) is 13.6 Å². The zero-order chi connectivity index (χ0) is 8.48. The summed E-state index contributed by atoms with van der Waals surface area (Å²) in [7, 11) is 1.77. The summed E-state index contributed by atoms with van der Waals surface area (Å²) in [5.41, 5.74) is -0.236. The second kappa shape index (κ2) is 2.72. The molecule has 1 saturated heterocycles. The summed E-state index contributed by atoms with van der Waals surface area (Å²) < 4.78 is 5.19. The molecule has 0 aromatic heterocycles. The fraction of sp³-hybridized carbons (Fsp3) is 0.875. The minimum Gasteiger partial charge on any atom is -0.441 e. The van der Waals surface area contributed by atoms with Crippen LogP contribution in [0.1, 0.15) is 26.7 Å². The molecular weight excluding hydrogens is 142 g/mol. The van der Waals surface area contributed by atoms with E-state index in [-0.39, 0.29) is 11.7 Å². The molecule has 1 aliphatic rings. The first kappa shape index (κ1) is 8.37. The van der Waals surface area contributed by atoms with Crippen molar-refractivity contribution in [1.82, 2.24) is 4.90 Å². The number of rotatable bonds is 2. The molecule has 1 atom stereocenters. The van der Waals surface area contributed by atoms with Crippen LogP contribution < -0.4 is 0 Å². The Morgan fingerprint density at radius 1 is 1.73 bits per heavy atom. The molecule has 1 rings (SSSR count). The van der Waals surface area contributed by atoms with Crippen LogP contribution in [0.5, 0.6) is 0 Å². The van der Waals surface area contributed by atoms with Crippen molar-refractivity contribution in [3.8, 4) is 0 Å². The van der Waals surface area contributed by atoms with E-state index in [2.05, 4.69) is 6.92 Å². The van der Waals surface area contributed by atoms with E-state index >= 15 is 0 Å². The maximum atomic E-state index is 11.0. The van der Waals surface area contributed by atoms with Crippen molar-refractivity contribution < 1.29 is 9.53 Å². The minimum atomic E-state index is -0.236. The third-order valence-corrected chi connectivity index (χ3v) is 2.00. The first-order valence-corrected chi connectivity index (χ1v) is 4.01. The number of ether oxygens (including phenoxy) is 1. The van der Waals surface area contributed by atoms with Crippen LogP contribution in [-0.4, -0.2) is 30.2 Å². The average molecular weight is 157 g/mol. The van der Waals surface area contributed by atoms with E-state index in [4.69, 9.17) is 4.74 Å². The van der Waals surface area contributed by atoms with Gasteiger partial charge in [0.15, 0.2) is 0 Å². The van der Waals surface area contributed by atoms with Gasteiger partial charge in [-0.15, -0.1) is 0 Å². The first-order valence-electron chi connectivity index (χ1n) is 4.01. The summed E-state index contributed by atoms with van der Waals surface area (Å²) in [6.07, 6.45) is 1.81. The SMILES string of the molecule is CCCC1(C)CN(C)C(=O)O1. The van der Waals surface area contributed by atoms with Crippen LogP contribution >= 0.6 is 0 Å². The second-order valence-corrected chi connectivity index (χ2v) is 3.42. The van der Waals surface area contributed by atoms with E-state index in [0.717, 1.165) is 19.4 Å². The molecule has 1 aliphatic heterocycles. The number of hydrogen-bond donors (Lipinski definition) is 0. The van der Waals surface area contributed by atoms with Crippen LogP contribution in [0, 0.1) is 0 Å². The van der Waals surface area contributed by atoms with E-state index in [1.54, 1.807) is 11.9 Å². The normalized spacial score (nSPS) is 30.8. The van der Waals surface area contributed by atoms with Gasteiger partial charge >= 0.3 is 6.09 Å². The lowest BCUT2D eigenvalue weighted by atomic mass is 10.0. The molecule has 0 bridgehead atoms. The Hall–Kier alpha value is -0.730. The number of cyclic esters (lactones) is 1. The van der Waals surface area contributed by atoms with Crippen molar-refractivity contribution in [1.29, 1.82) is 0 Å². The summed E-state index contributed by atoms with van der Waals surface area (Å²) >= 11 is 0. The van der Waals surface area contributed by atoms with Crippen molar-refractivity contribution in [2.24, 2.45) is 0 Å². The van der Waals surface area contributed by atoms with Gasteiger partial charge in [0, 0.05) is 7.05 Å². The molecule has 0 aliphatic carbocycles. The Morgan fingerprint density at radius 2 is 2.36 bits per heavy atom. The lowest BCUT2D eigenvalue weighted by Crippen LogP contribution is -2.29. The van der Waals surface area contributed by atoms with Crippen LogP contribution in [0.3, 0.4) is 0 Å². The van der Waals surface area contributed by atoms with E-state index < -0.39 is 0 Å². The van der Waals surface area contributed by atoms with Gasteiger partial charge in [0.2, 0.25) is 0 Å². The molecule has 0 spiro atoms.